The molecular weight excluding hydrogens is 560 g/mol. The van der Waals surface area contributed by atoms with Crippen molar-refractivity contribution in [3.05, 3.63) is 77.1 Å². The fourth-order valence-electron chi connectivity index (χ4n) is 4.64. The number of carbonyl (C=O) groups is 3. The minimum Gasteiger partial charge on any atom is -0.477 e. The van der Waals surface area contributed by atoms with Gasteiger partial charge >= 0.3 is 5.97 Å². The number of rotatable bonds is 7. The van der Waals surface area contributed by atoms with E-state index in [1.165, 1.54) is 11.8 Å². The third-order valence-corrected chi connectivity index (χ3v) is 8.32. The second-order valence-corrected chi connectivity index (χ2v) is 10.7. The van der Waals surface area contributed by atoms with Crippen molar-refractivity contribution in [1.82, 2.24) is 24.5 Å². The number of thioether (sulfide) groups is 1. The van der Waals surface area contributed by atoms with Crippen molar-refractivity contribution in [3.8, 4) is 0 Å². The molecule has 0 spiro atoms. The molecular formula is C24H20N8O6S2. The minimum absolute atomic E-state index is 0.0679. The van der Waals surface area contributed by atoms with E-state index in [0.29, 0.717) is 17.2 Å². The summed E-state index contributed by atoms with van der Waals surface area (Å²) >= 11 is 2.12. The summed E-state index contributed by atoms with van der Waals surface area (Å²) in [4.78, 5) is 49.6. The molecule has 0 aliphatic carbocycles. The largest absolute Gasteiger partial charge is 0.477 e. The van der Waals surface area contributed by atoms with Gasteiger partial charge in [-0.15, -0.1) is 11.8 Å². The Balaban J connectivity index is 1.20. The molecule has 16 heteroatoms. The van der Waals surface area contributed by atoms with Gasteiger partial charge in [-0.2, -0.15) is 9.36 Å². The van der Waals surface area contributed by atoms with Gasteiger partial charge in [0.05, 0.1) is 0 Å². The van der Waals surface area contributed by atoms with Gasteiger partial charge in [0.2, 0.25) is 17.8 Å². The smallest absolute Gasteiger partial charge is 0.352 e. The summed E-state index contributed by atoms with van der Waals surface area (Å²) in [7, 11) is 0. The van der Waals surface area contributed by atoms with Crippen molar-refractivity contribution in [2.24, 2.45) is 10.1 Å². The van der Waals surface area contributed by atoms with Crippen LogP contribution in [0.2, 0.25) is 0 Å². The normalized spacial score (nSPS) is 23.6. The van der Waals surface area contributed by atoms with E-state index in [1.807, 2.05) is 30.3 Å². The van der Waals surface area contributed by atoms with Crippen LogP contribution in [-0.4, -0.2) is 82.5 Å². The van der Waals surface area contributed by atoms with Crippen molar-refractivity contribution in [2.45, 2.75) is 17.6 Å². The Kier molecular flexibility index (Phi) is 6.47. The summed E-state index contributed by atoms with van der Waals surface area (Å²) in [5.74, 6) is -1.54. The number of nitrogen functional groups attached to an aromatic ring is 1. The molecule has 4 aliphatic heterocycles. The number of aliphatic carboxylic acids is 1. The lowest BCUT2D eigenvalue weighted by atomic mass is 10.0. The van der Waals surface area contributed by atoms with Crippen molar-refractivity contribution in [3.63, 3.8) is 0 Å². The van der Waals surface area contributed by atoms with Crippen LogP contribution in [0.15, 0.2) is 75.9 Å². The predicted octanol–water partition coefficient (Wildman–Crippen LogP) is 0.878. The van der Waals surface area contributed by atoms with Crippen LogP contribution in [0.5, 0.6) is 0 Å². The van der Waals surface area contributed by atoms with E-state index in [4.69, 9.17) is 15.5 Å². The molecule has 2 amide bonds. The molecule has 204 valence electrons. The van der Waals surface area contributed by atoms with Gasteiger partial charge in [0.15, 0.2) is 16.7 Å². The molecule has 5 heterocycles. The maximum Gasteiger partial charge on any atom is 0.352 e. The molecule has 40 heavy (non-hydrogen) atoms. The van der Waals surface area contributed by atoms with E-state index >= 15 is 0 Å². The minimum atomic E-state index is -1.26. The van der Waals surface area contributed by atoms with Crippen LogP contribution in [0.1, 0.15) is 17.6 Å². The Bertz CT molecular complexity index is 1570. The number of carboxylic acids is 1. The molecule has 0 bridgehead atoms. The maximum atomic E-state index is 13.1. The van der Waals surface area contributed by atoms with Crippen molar-refractivity contribution < 1.29 is 29.4 Å². The highest BCUT2D eigenvalue weighted by molar-refractivity contribution is 8.00. The molecule has 1 aromatic carbocycles. The number of hydrogen-bond donors (Lipinski definition) is 4. The number of aromatic nitrogens is 2. The number of amides is 2. The van der Waals surface area contributed by atoms with Crippen LogP contribution in [0.3, 0.4) is 0 Å². The van der Waals surface area contributed by atoms with Crippen molar-refractivity contribution >= 4 is 57.8 Å². The fourth-order valence-corrected chi connectivity index (χ4v) is 6.41. The highest BCUT2D eigenvalue weighted by Gasteiger charge is 2.54. The number of allylic oxidation sites excluding steroid dienone is 2. The van der Waals surface area contributed by atoms with Crippen LogP contribution in [0.4, 0.5) is 5.13 Å². The molecule has 5 N–H and O–H groups in total. The number of β-lactam (4-membered cyclic amide) rings is 1. The number of oxime groups is 1. The number of carbonyl (C=O) groups excluding carboxylic acids is 2. The lowest BCUT2D eigenvalue weighted by Crippen LogP contribution is -2.71. The number of nitrogens with two attached hydrogens (primary N) is 1. The van der Waals surface area contributed by atoms with Gasteiger partial charge < -0.3 is 31.0 Å². The standard InChI is InChI=1S/C24H20N8O6S2/c25-24-27-17(30-40-24)14(29-37)19(33)26-15-21(34)32-16(23(35)36)12(10-39-22(15)32)9-31-8-4-7-13-18(31)28-20(38-13)11-5-2-1-3-6-11/h1-8,15,20,22,37H,9-10H2,(H,26,33)(H,35,36)(H2,25,27,30)/b29-14-/t15?,20?,22-/m1/s1. The number of nitrogens with zero attached hydrogens (tertiary/aromatic N) is 6. The van der Waals surface area contributed by atoms with Crippen LogP contribution in [0, 0.1) is 0 Å². The van der Waals surface area contributed by atoms with Gasteiger partial charge in [-0.1, -0.05) is 35.5 Å². The predicted molar refractivity (Wildman–Crippen MR) is 144 cm³/mol. The van der Waals surface area contributed by atoms with Crippen LogP contribution < -0.4 is 11.1 Å². The third-order valence-electron chi connectivity index (χ3n) is 6.44. The summed E-state index contributed by atoms with van der Waals surface area (Å²) in [6, 6.07) is 8.49. The first-order valence-corrected chi connectivity index (χ1v) is 13.6. The SMILES string of the molecule is Nc1nc(/C(=N/O)C(=O)NC2C(=O)N3C(C(=O)O)=C(CN4C=CC=C5OC(c6ccccc6)N=C54)CS[C@H]23)ns1. The molecule has 3 atom stereocenters. The number of amidine groups is 1. The zero-order valence-corrected chi connectivity index (χ0v) is 22.0. The lowest BCUT2D eigenvalue weighted by molar-refractivity contribution is -0.150. The van der Waals surface area contributed by atoms with E-state index in [0.717, 1.165) is 22.0 Å². The lowest BCUT2D eigenvalue weighted by Gasteiger charge is -2.49. The number of anilines is 1. The van der Waals surface area contributed by atoms with Gasteiger partial charge in [0.25, 0.3) is 11.8 Å². The van der Waals surface area contributed by atoms with E-state index in [1.54, 1.807) is 23.3 Å². The third kappa shape index (κ3) is 4.36. The van der Waals surface area contributed by atoms with Crippen molar-refractivity contribution in [2.75, 3.05) is 18.0 Å². The van der Waals surface area contributed by atoms with Gasteiger partial charge in [-0.05, 0) is 17.7 Å². The average Bonchev–Trinajstić information content (AvgIpc) is 3.59. The second-order valence-electron chi connectivity index (χ2n) is 8.86. The van der Waals surface area contributed by atoms with Crippen LogP contribution in [0.25, 0.3) is 0 Å². The highest BCUT2D eigenvalue weighted by Crippen LogP contribution is 2.41. The Hall–Kier alpha value is -4.70. The molecule has 1 saturated heterocycles. The Labute approximate surface area is 234 Å². The molecule has 0 radical (unpaired) electrons. The quantitative estimate of drug-likeness (QED) is 0.157. The molecule has 6 rings (SSSR count). The number of ether oxygens (including phenoxy) is 1. The van der Waals surface area contributed by atoms with Crippen LogP contribution in [-0.2, 0) is 19.1 Å². The summed E-state index contributed by atoms with van der Waals surface area (Å²) in [5.41, 5.74) is 6.26. The first-order valence-electron chi connectivity index (χ1n) is 11.8. The number of fused-ring (bicyclic) bond motifs is 2. The number of aliphatic imine (C=N–C) groups is 1. The second kappa shape index (κ2) is 10.1. The van der Waals surface area contributed by atoms with Gasteiger partial charge in [-0.25, -0.2) is 9.79 Å². The summed E-state index contributed by atoms with van der Waals surface area (Å²) in [5, 5.41) is 24.2. The monoisotopic (exact) mass is 580 g/mol. The van der Waals surface area contributed by atoms with Gasteiger partial charge in [-0.3, -0.25) is 14.5 Å². The van der Waals surface area contributed by atoms with E-state index in [9.17, 15) is 24.7 Å². The maximum absolute atomic E-state index is 13.1. The van der Waals surface area contributed by atoms with Gasteiger partial charge in [0, 0.05) is 35.6 Å². The highest BCUT2D eigenvalue weighted by atomic mass is 32.2. The Morgan fingerprint density at radius 3 is 2.77 bits per heavy atom. The molecule has 4 aliphatic rings. The number of nitrogens with one attached hydrogen (secondary N) is 1. The fraction of sp³-hybridized carbons (Fsp3) is 0.208. The molecule has 0 saturated carbocycles. The molecule has 2 unspecified atom stereocenters. The molecule has 2 aromatic rings. The molecule has 1 aromatic heterocycles. The number of carboxylic acid groups (broad SMARTS) is 1. The van der Waals surface area contributed by atoms with E-state index < -0.39 is 41.1 Å². The topological polar surface area (TPSA) is 196 Å². The summed E-state index contributed by atoms with van der Waals surface area (Å²) in [6.45, 7) is 0.165. The zero-order valence-electron chi connectivity index (χ0n) is 20.4. The first kappa shape index (κ1) is 25.6. The molecule has 14 nitrogen and oxygen atoms in total. The Morgan fingerprint density at radius 2 is 2.08 bits per heavy atom. The van der Waals surface area contributed by atoms with Gasteiger partial charge in [0.1, 0.15) is 17.1 Å². The number of hydrogen-bond acceptors (Lipinski definition) is 13. The first-order chi connectivity index (χ1) is 19.4. The summed E-state index contributed by atoms with van der Waals surface area (Å²) < 4.78 is 9.84. The van der Waals surface area contributed by atoms with Crippen LogP contribution >= 0.6 is 23.3 Å². The molecule has 1 fully saturated rings. The summed E-state index contributed by atoms with van der Waals surface area (Å²) in [6.07, 6.45) is 4.83. The average molecular weight is 581 g/mol. The van der Waals surface area contributed by atoms with E-state index in [-0.39, 0.29) is 29.0 Å². The Morgan fingerprint density at radius 1 is 1.27 bits per heavy atom. The number of benzene rings is 1. The van der Waals surface area contributed by atoms with Crippen molar-refractivity contribution in [1.29, 1.82) is 0 Å². The van der Waals surface area contributed by atoms with E-state index in [2.05, 4.69) is 19.8 Å². The zero-order chi connectivity index (χ0) is 28.0.